The Morgan fingerprint density at radius 2 is 1.56 bits per heavy atom. The third kappa shape index (κ3) is 5.34. The van der Waals surface area contributed by atoms with E-state index in [4.69, 9.17) is 4.74 Å². The van der Waals surface area contributed by atoms with Crippen LogP contribution in [0.2, 0.25) is 0 Å². The van der Waals surface area contributed by atoms with E-state index in [-0.39, 0.29) is 0 Å². The number of para-hydroxylation sites is 1. The highest BCUT2D eigenvalue weighted by Gasteiger charge is 2.24. The molecule has 134 valence electrons. The lowest BCUT2D eigenvalue weighted by Crippen LogP contribution is -3.14. The second kappa shape index (κ2) is 9.05. The fourth-order valence-corrected chi connectivity index (χ4v) is 4.23. The molecule has 25 heavy (non-hydrogen) atoms. The summed E-state index contributed by atoms with van der Waals surface area (Å²) in [5.41, 5.74) is 2.41. The number of unbranched alkanes of at least 4 members (excludes halogenated alkanes) is 1. The van der Waals surface area contributed by atoms with E-state index < -0.39 is 0 Å². The molecule has 1 aliphatic rings. The number of likely N-dealkylation sites (tertiary alicyclic amines) is 1. The monoisotopic (exact) mass is 338 g/mol. The molecule has 0 bridgehead atoms. The Labute approximate surface area is 152 Å². The Balaban J connectivity index is 1.45. The summed E-state index contributed by atoms with van der Waals surface area (Å²) in [5.74, 6) is 2.77. The lowest BCUT2D eigenvalue weighted by molar-refractivity contribution is -0.912. The van der Waals surface area contributed by atoms with Crippen LogP contribution in [0.1, 0.15) is 33.1 Å². The third-order valence-electron chi connectivity index (χ3n) is 5.23. The predicted octanol–water partition coefficient (Wildman–Crippen LogP) is 4.07. The van der Waals surface area contributed by atoms with Crippen LogP contribution in [0, 0.1) is 11.8 Å². The molecule has 0 aliphatic carbocycles. The van der Waals surface area contributed by atoms with Crippen molar-refractivity contribution in [3.8, 4) is 16.9 Å². The van der Waals surface area contributed by atoms with E-state index in [0.717, 1.165) is 30.6 Å². The zero-order chi connectivity index (χ0) is 17.5. The van der Waals surface area contributed by atoms with Crippen molar-refractivity contribution in [2.24, 2.45) is 11.8 Å². The van der Waals surface area contributed by atoms with E-state index in [0.29, 0.717) is 0 Å². The third-order valence-corrected chi connectivity index (χ3v) is 5.23. The van der Waals surface area contributed by atoms with Crippen molar-refractivity contribution >= 4 is 0 Å². The maximum atomic E-state index is 6.11. The summed E-state index contributed by atoms with van der Waals surface area (Å²) in [6, 6.07) is 18.9. The maximum absolute atomic E-state index is 6.11. The van der Waals surface area contributed by atoms with Crippen LogP contribution in [0.3, 0.4) is 0 Å². The highest BCUT2D eigenvalue weighted by atomic mass is 16.5. The van der Waals surface area contributed by atoms with E-state index in [1.165, 1.54) is 43.6 Å². The van der Waals surface area contributed by atoms with Gasteiger partial charge in [0.1, 0.15) is 5.75 Å². The fraction of sp³-hybridized carbons (Fsp3) is 0.478. The molecule has 2 aromatic carbocycles. The largest absolute Gasteiger partial charge is 0.493 e. The Hall–Kier alpha value is -1.80. The smallest absolute Gasteiger partial charge is 0.127 e. The van der Waals surface area contributed by atoms with E-state index >= 15 is 0 Å². The van der Waals surface area contributed by atoms with Crippen molar-refractivity contribution < 1.29 is 9.64 Å². The molecule has 0 unspecified atom stereocenters. The quantitative estimate of drug-likeness (QED) is 0.751. The summed E-state index contributed by atoms with van der Waals surface area (Å²) in [6.07, 6.45) is 3.79. The number of piperidine rings is 1. The van der Waals surface area contributed by atoms with E-state index in [1.54, 1.807) is 4.90 Å². The van der Waals surface area contributed by atoms with E-state index in [9.17, 15) is 0 Å². The molecule has 0 amide bonds. The van der Waals surface area contributed by atoms with Gasteiger partial charge in [-0.15, -0.1) is 0 Å². The molecule has 2 atom stereocenters. The first-order valence-corrected chi connectivity index (χ1v) is 9.83. The van der Waals surface area contributed by atoms with Crippen molar-refractivity contribution in [3.05, 3.63) is 54.6 Å². The first-order valence-electron chi connectivity index (χ1n) is 9.83. The normalized spacial score (nSPS) is 23.4. The second-order valence-electron chi connectivity index (χ2n) is 7.77. The van der Waals surface area contributed by atoms with Crippen LogP contribution in [0.15, 0.2) is 54.6 Å². The molecule has 1 aliphatic heterocycles. The van der Waals surface area contributed by atoms with Gasteiger partial charge in [-0.1, -0.05) is 62.4 Å². The highest BCUT2D eigenvalue weighted by molar-refractivity contribution is 5.70. The van der Waals surface area contributed by atoms with Crippen molar-refractivity contribution in [3.63, 3.8) is 0 Å². The van der Waals surface area contributed by atoms with E-state index in [1.807, 2.05) is 0 Å². The van der Waals surface area contributed by atoms with Crippen LogP contribution in [-0.2, 0) is 0 Å². The lowest BCUT2D eigenvalue weighted by Gasteiger charge is -2.32. The first-order chi connectivity index (χ1) is 12.2. The van der Waals surface area contributed by atoms with Crippen LogP contribution < -0.4 is 9.64 Å². The van der Waals surface area contributed by atoms with Crippen LogP contribution in [0.4, 0.5) is 0 Å². The SMILES string of the molecule is C[C@H]1C[C@H](C)C[NH+](CCCCOc2ccccc2-c2ccccc2)C1. The average molecular weight is 339 g/mol. The van der Waals surface area contributed by atoms with Gasteiger partial charge in [-0.3, -0.25) is 0 Å². The van der Waals surface area contributed by atoms with Gasteiger partial charge in [0.05, 0.1) is 26.2 Å². The molecule has 1 heterocycles. The number of benzene rings is 2. The number of nitrogens with one attached hydrogen (secondary N) is 1. The first kappa shape index (κ1) is 18.0. The zero-order valence-electron chi connectivity index (χ0n) is 15.7. The van der Waals surface area contributed by atoms with Gasteiger partial charge in [-0.25, -0.2) is 0 Å². The Morgan fingerprint density at radius 1 is 0.880 bits per heavy atom. The molecule has 2 aromatic rings. The maximum Gasteiger partial charge on any atom is 0.127 e. The van der Waals surface area contributed by atoms with Crippen molar-refractivity contribution in [2.45, 2.75) is 33.1 Å². The molecule has 1 N–H and O–H groups in total. The van der Waals surface area contributed by atoms with Crippen molar-refractivity contribution in [1.29, 1.82) is 0 Å². The van der Waals surface area contributed by atoms with Gasteiger partial charge in [-0.05, 0) is 30.9 Å². The molecule has 2 heteroatoms. The molecule has 0 spiro atoms. The molecule has 0 saturated carbocycles. The Bertz CT molecular complexity index is 630. The minimum Gasteiger partial charge on any atom is -0.493 e. The number of hydrogen-bond acceptors (Lipinski definition) is 1. The summed E-state index contributed by atoms with van der Waals surface area (Å²) in [4.78, 5) is 1.79. The molecule has 1 saturated heterocycles. The highest BCUT2D eigenvalue weighted by Crippen LogP contribution is 2.29. The topological polar surface area (TPSA) is 13.7 Å². The van der Waals surface area contributed by atoms with Gasteiger partial charge in [-0.2, -0.15) is 0 Å². The Kier molecular flexibility index (Phi) is 6.52. The molecule has 0 aromatic heterocycles. The van der Waals surface area contributed by atoms with Gasteiger partial charge < -0.3 is 9.64 Å². The van der Waals surface area contributed by atoms with Gasteiger partial charge in [0, 0.05) is 17.4 Å². The van der Waals surface area contributed by atoms with E-state index in [2.05, 4.69) is 68.4 Å². The van der Waals surface area contributed by atoms with Crippen LogP contribution >= 0.6 is 0 Å². The average Bonchev–Trinajstić information content (AvgIpc) is 2.62. The zero-order valence-corrected chi connectivity index (χ0v) is 15.7. The van der Waals surface area contributed by atoms with Crippen molar-refractivity contribution in [1.82, 2.24) is 0 Å². The Morgan fingerprint density at radius 3 is 2.32 bits per heavy atom. The summed E-state index contributed by atoms with van der Waals surface area (Å²) in [6.45, 7) is 9.60. The molecule has 0 radical (unpaired) electrons. The number of ether oxygens (including phenoxy) is 1. The minimum atomic E-state index is 0.808. The standard InChI is InChI=1S/C23H31NO/c1-19-16-20(2)18-24(17-19)14-8-9-15-25-23-13-7-6-12-22(23)21-10-4-3-5-11-21/h3-7,10-13,19-20H,8-9,14-18H2,1-2H3/p+1/t19-,20-/m0/s1. The second-order valence-corrected chi connectivity index (χ2v) is 7.77. The van der Waals surface area contributed by atoms with Gasteiger partial charge >= 0.3 is 0 Å². The van der Waals surface area contributed by atoms with Gasteiger partial charge in [0.2, 0.25) is 0 Å². The number of quaternary nitrogens is 1. The van der Waals surface area contributed by atoms with Gasteiger partial charge in [0.25, 0.3) is 0 Å². The summed E-state index contributed by atoms with van der Waals surface area (Å²) in [7, 11) is 0. The summed E-state index contributed by atoms with van der Waals surface area (Å²) in [5, 5.41) is 0. The van der Waals surface area contributed by atoms with Crippen LogP contribution in [0.5, 0.6) is 5.75 Å². The summed E-state index contributed by atoms with van der Waals surface area (Å²) < 4.78 is 6.11. The van der Waals surface area contributed by atoms with Crippen LogP contribution in [-0.4, -0.2) is 26.2 Å². The molecule has 2 nitrogen and oxygen atoms in total. The van der Waals surface area contributed by atoms with Crippen molar-refractivity contribution in [2.75, 3.05) is 26.2 Å². The molecule has 3 rings (SSSR count). The number of hydrogen-bond donors (Lipinski definition) is 1. The molecular weight excluding hydrogens is 306 g/mol. The number of rotatable bonds is 7. The minimum absolute atomic E-state index is 0.808. The van der Waals surface area contributed by atoms with Crippen LogP contribution in [0.25, 0.3) is 11.1 Å². The lowest BCUT2D eigenvalue weighted by atomic mass is 9.92. The predicted molar refractivity (Wildman–Crippen MR) is 105 cm³/mol. The van der Waals surface area contributed by atoms with Gasteiger partial charge in [0.15, 0.2) is 0 Å². The molecular formula is C23H32NO+. The fourth-order valence-electron chi connectivity index (χ4n) is 4.23. The summed E-state index contributed by atoms with van der Waals surface area (Å²) >= 11 is 0. The molecule has 1 fully saturated rings.